The number of amides is 1. The van der Waals surface area contributed by atoms with E-state index in [2.05, 4.69) is 41.4 Å². The van der Waals surface area contributed by atoms with Crippen LogP contribution < -0.4 is 10.2 Å². The van der Waals surface area contributed by atoms with Gasteiger partial charge in [0.1, 0.15) is 5.82 Å². The van der Waals surface area contributed by atoms with Gasteiger partial charge in [-0.3, -0.25) is 4.79 Å². The Bertz CT molecular complexity index is 1210. The van der Waals surface area contributed by atoms with Gasteiger partial charge in [0, 0.05) is 31.1 Å². The van der Waals surface area contributed by atoms with Crippen LogP contribution in [0.15, 0.2) is 54.7 Å². The molecule has 0 aliphatic carbocycles. The minimum atomic E-state index is -0.270. The van der Waals surface area contributed by atoms with Crippen molar-refractivity contribution < 1.29 is 9.18 Å². The van der Waals surface area contributed by atoms with E-state index in [9.17, 15) is 9.18 Å². The molecule has 0 saturated carbocycles. The van der Waals surface area contributed by atoms with Crippen molar-refractivity contribution in [2.24, 2.45) is 5.92 Å². The van der Waals surface area contributed by atoms with Crippen LogP contribution in [-0.4, -0.2) is 33.6 Å². The molecule has 1 N–H and O–H groups in total. The summed E-state index contributed by atoms with van der Waals surface area (Å²) in [6.07, 6.45) is 4.57. The molecule has 0 unspecified atom stereocenters. The SMILES string of the molecule is CCc1ccc(-c2cn3nc(N4CCC(C(=O)NCc5ccc(F)cc5)CC4)sc3n2)cc1. The highest BCUT2D eigenvalue weighted by Crippen LogP contribution is 2.30. The maximum Gasteiger partial charge on any atom is 0.223 e. The molecule has 1 aliphatic rings. The normalized spacial score (nSPS) is 14.7. The molecule has 1 fully saturated rings. The molecule has 6 nitrogen and oxygen atoms in total. The minimum Gasteiger partial charge on any atom is -0.352 e. The Hall–Kier alpha value is -3.26. The lowest BCUT2D eigenvalue weighted by Crippen LogP contribution is -2.40. The summed E-state index contributed by atoms with van der Waals surface area (Å²) in [5.74, 6) is -0.219. The van der Waals surface area contributed by atoms with E-state index in [-0.39, 0.29) is 17.6 Å². The monoisotopic (exact) mass is 463 g/mol. The molecule has 1 aliphatic heterocycles. The number of anilines is 1. The largest absolute Gasteiger partial charge is 0.352 e. The Morgan fingerprint density at radius 3 is 2.45 bits per heavy atom. The summed E-state index contributed by atoms with van der Waals surface area (Å²) in [4.78, 5) is 20.4. The van der Waals surface area contributed by atoms with Crippen molar-refractivity contribution in [2.45, 2.75) is 32.7 Å². The maximum absolute atomic E-state index is 13.0. The van der Waals surface area contributed by atoms with Crippen LogP contribution in [0.1, 0.15) is 30.9 Å². The molecule has 0 spiro atoms. The zero-order valence-corrected chi connectivity index (χ0v) is 19.3. The number of aromatic nitrogens is 3. The Morgan fingerprint density at radius 1 is 1.09 bits per heavy atom. The van der Waals surface area contributed by atoms with Gasteiger partial charge < -0.3 is 10.2 Å². The van der Waals surface area contributed by atoms with E-state index >= 15 is 0 Å². The van der Waals surface area contributed by atoms with Crippen LogP contribution in [0.25, 0.3) is 16.2 Å². The lowest BCUT2D eigenvalue weighted by atomic mass is 9.96. The van der Waals surface area contributed by atoms with E-state index < -0.39 is 0 Å². The molecule has 33 heavy (non-hydrogen) atoms. The smallest absolute Gasteiger partial charge is 0.223 e. The van der Waals surface area contributed by atoms with Gasteiger partial charge in [0.2, 0.25) is 16.0 Å². The zero-order chi connectivity index (χ0) is 22.8. The summed E-state index contributed by atoms with van der Waals surface area (Å²) in [5.41, 5.74) is 4.24. The molecule has 5 rings (SSSR count). The molecule has 2 aromatic carbocycles. The Labute approximate surface area is 196 Å². The molecular weight excluding hydrogens is 437 g/mol. The van der Waals surface area contributed by atoms with Crippen LogP contribution in [-0.2, 0) is 17.8 Å². The molecule has 1 saturated heterocycles. The fraction of sp³-hybridized carbons (Fsp3) is 0.320. The molecule has 0 atom stereocenters. The van der Waals surface area contributed by atoms with Crippen LogP contribution >= 0.6 is 11.3 Å². The number of aryl methyl sites for hydroxylation is 1. The number of halogens is 1. The second-order valence-electron chi connectivity index (χ2n) is 8.39. The van der Waals surface area contributed by atoms with Gasteiger partial charge in [-0.1, -0.05) is 54.7 Å². The van der Waals surface area contributed by atoms with Gasteiger partial charge in [-0.05, 0) is 42.5 Å². The Morgan fingerprint density at radius 2 is 1.79 bits per heavy atom. The number of piperidine rings is 1. The minimum absolute atomic E-state index is 0.0107. The number of nitrogens with one attached hydrogen (secondary N) is 1. The second kappa shape index (κ2) is 9.31. The average Bonchev–Trinajstić information content (AvgIpc) is 3.43. The number of imidazole rings is 1. The summed E-state index contributed by atoms with van der Waals surface area (Å²) in [6, 6.07) is 14.7. The predicted molar refractivity (Wildman–Crippen MR) is 129 cm³/mol. The number of rotatable bonds is 6. The summed E-state index contributed by atoms with van der Waals surface area (Å²) in [5, 5.41) is 8.66. The molecule has 0 radical (unpaired) electrons. The summed E-state index contributed by atoms with van der Waals surface area (Å²) >= 11 is 1.58. The van der Waals surface area contributed by atoms with Crippen LogP contribution in [0, 0.1) is 11.7 Å². The molecular formula is C25H26FN5OS. The number of benzene rings is 2. The molecule has 170 valence electrons. The Balaban J connectivity index is 1.17. The van der Waals surface area contributed by atoms with Crippen LogP contribution in [0.3, 0.4) is 0 Å². The number of fused-ring (bicyclic) bond motifs is 1. The second-order valence-corrected chi connectivity index (χ2v) is 9.33. The van der Waals surface area contributed by atoms with Crippen molar-refractivity contribution in [3.8, 4) is 11.3 Å². The fourth-order valence-corrected chi connectivity index (χ4v) is 5.07. The van der Waals surface area contributed by atoms with Crippen molar-refractivity contribution in [3.05, 3.63) is 71.7 Å². The summed E-state index contributed by atoms with van der Waals surface area (Å²) in [6.45, 7) is 4.15. The number of hydrogen-bond acceptors (Lipinski definition) is 5. The van der Waals surface area contributed by atoms with E-state index in [1.54, 1.807) is 23.5 Å². The highest BCUT2D eigenvalue weighted by Gasteiger charge is 2.26. The number of hydrogen-bond donors (Lipinski definition) is 1. The third-order valence-corrected chi connectivity index (χ3v) is 7.19. The quantitative estimate of drug-likeness (QED) is 0.451. The highest BCUT2D eigenvalue weighted by molar-refractivity contribution is 7.20. The standard InChI is InChI=1S/C25H26FN5OS/c1-2-17-3-7-19(8-4-17)22-16-31-24(28-22)33-25(29-31)30-13-11-20(12-14-30)23(32)27-15-18-5-9-21(26)10-6-18/h3-10,16,20H,2,11-15H2,1H3,(H,27,32). The van der Waals surface area contributed by atoms with Gasteiger partial charge >= 0.3 is 0 Å². The molecule has 0 bridgehead atoms. The summed E-state index contributed by atoms with van der Waals surface area (Å²) < 4.78 is 14.9. The van der Waals surface area contributed by atoms with Gasteiger partial charge in [-0.25, -0.2) is 13.9 Å². The first-order chi connectivity index (χ1) is 16.1. The summed E-state index contributed by atoms with van der Waals surface area (Å²) in [7, 11) is 0. The van der Waals surface area contributed by atoms with Gasteiger partial charge in [0.05, 0.1) is 11.9 Å². The van der Waals surface area contributed by atoms with Crippen LogP contribution in [0.2, 0.25) is 0 Å². The van der Waals surface area contributed by atoms with Crippen molar-refractivity contribution in [1.82, 2.24) is 19.9 Å². The first kappa shape index (κ1) is 21.6. The van der Waals surface area contributed by atoms with Crippen molar-refractivity contribution in [1.29, 1.82) is 0 Å². The molecule has 4 aromatic rings. The lowest BCUT2D eigenvalue weighted by Gasteiger charge is -2.30. The maximum atomic E-state index is 13.0. The van der Waals surface area contributed by atoms with Crippen LogP contribution in [0.4, 0.5) is 9.52 Å². The topological polar surface area (TPSA) is 62.5 Å². The third kappa shape index (κ3) is 4.75. The highest BCUT2D eigenvalue weighted by atomic mass is 32.1. The molecule has 1 amide bonds. The van der Waals surface area contributed by atoms with E-state index in [1.807, 2.05) is 10.7 Å². The van der Waals surface area contributed by atoms with Crippen molar-refractivity contribution in [3.63, 3.8) is 0 Å². The molecule has 8 heteroatoms. The van der Waals surface area contributed by atoms with Crippen molar-refractivity contribution >= 4 is 27.3 Å². The van der Waals surface area contributed by atoms with E-state index in [4.69, 9.17) is 10.1 Å². The lowest BCUT2D eigenvalue weighted by molar-refractivity contribution is -0.125. The van der Waals surface area contributed by atoms with Gasteiger partial charge in [0.15, 0.2) is 0 Å². The van der Waals surface area contributed by atoms with Gasteiger partial charge in [-0.2, -0.15) is 0 Å². The number of nitrogens with zero attached hydrogens (tertiary/aromatic N) is 4. The first-order valence-corrected chi connectivity index (χ1v) is 12.1. The van der Waals surface area contributed by atoms with E-state index in [0.717, 1.165) is 59.3 Å². The predicted octanol–water partition coefficient (Wildman–Crippen LogP) is 4.69. The van der Waals surface area contributed by atoms with E-state index in [0.29, 0.717) is 6.54 Å². The van der Waals surface area contributed by atoms with Gasteiger partial charge in [0.25, 0.3) is 0 Å². The molecule has 2 aromatic heterocycles. The van der Waals surface area contributed by atoms with Gasteiger partial charge in [-0.15, -0.1) is 5.10 Å². The first-order valence-electron chi connectivity index (χ1n) is 11.3. The van der Waals surface area contributed by atoms with E-state index in [1.165, 1.54) is 17.7 Å². The Kier molecular flexibility index (Phi) is 6.09. The average molecular weight is 464 g/mol. The third-order valence-electron chi connectivity index (χ3n) is 6.21. The molecule has 3 heterocycles. The number of carbonyl (C=O) groups excluding carboxylic acids is 1. The van der Waals surface area contributed by atoms with Crippen LogP contribution in [0.5, 0.6) is 0 Å². The van der Waals surface area contributed by atoms with Crippen molar-refractivity contribution in [2.75, 3.05) is 18.0 Å². The fourth-order valence-electron chi connectivity index (χ4n) is 4.14. The zero-order valence-electron chi connectivity index (χ0n) is 18.5. The number of carbonyl (C=O) groups is 1.